The number of carbonyl (C=O) groups excluding carboxylic acids is 1. The Kier molecular flexibility index (Phi) is 3.89. The molecule has 0 radical (unpaired) electrons. The number of hydrogen-bond donors (Lipinski definition) is 1. The molecule has 6 heteroatoms. The van der Waals surface area contributed by atoms with Crippen LogP contribution in [0.1, 0.15) is 17.3 Å². The molecule has 0 amide bonds. The number of para-hydroxylation sites is 1. The summed E-state index contributed by atoms with van der Waals surface area (Å²) in [4.78, 5) is 36.4. The van der Waals surface area contributed by atoms with E-state index in [1.54, 1.807) is 30.3 Å². The first-order chi connectivity index (χ1) is 9.99. The fraction of sp³-hybridized carbons (Fsp3) is 0.133. The molecule has 1 N–H and O–H groups in total. The first kappa shape index (κ1) is 14.5. The molecule has 2 rings (SSSR count). The number of allylic oxidation sites excluding steroid dienone is 1. The summed E-state index contributed by atoms with van der Waals surface area (Å²) < 4.78 is 1.79. The van der Waals surface area contributed by atoms with Gasteiger partial charge in [0.15, 0.2) is 5.78 Å². The highest BCUT2D eigenvalue weighted by molar-refractivity contribution is 5.95. The first-order valence-electron chi connectivity index (χ1n) is 6.25. The maximum Gasteiger partial charge on any atom is 0.338 e. The second-order valence-electron chi connectivity index (χ2n) is 4.41. The Morgan fingerprint density at radius 3 is 2.43 bits per heavy atom. The van der Waals surface area contributed by atoms with Gasteiger partial charge in [-0.1, -0.05) is 24.3 Å². The highest BCUT2D eigenvalue weighted by Crippen LogP contribution is 2.13. The molecule has 0 fully saturated rings. The number of benzene rings is 1. The fourth-order valence-electron chi connectivity index (χ4n) is 2.05. The summed E-state index contributed by atoms with van der Waals surface area (Å²) in [6.45, 7) is 4.64. The summed E-state index contributed by atoms with van der Waals surface area (Å²) in [5.74, 6) is -1.25. The van der Waals surface area contributed by atoms with Crippen LogP contribution in [-0.2, 0) is 6.54 Å². The Labute approximate surface area is 120 Å². The maximum absolute atomic E-state index is 12.4. The number of aromatic nitrogens is 2. The molecular formula is C15H14N2O4. The van der Waals surface area contributed by atoms with Crippen LogP contribution in [0, 0.1) is 0 Å². The van der Waals surface area contributed by atoms with E-state index in [0.717, 1.165) is 16.1 Å². The van der Waals surface area contributed by atoms with Gasteiger partial charge in [0.05, 0.1) is 5.69 Å². The molecule has 1 aromatic heterocycles. The van der Waals surface area contributed by atoms with Gasteiger partial charge in [0, 0.05) is 6.54 Å². The minimum atomic E-state index is -0.837. The van der Waals surface area contributed by atoms with E-state index in [2.05, 4.69) is 6.58 Å². The molecule has 0 spiro atoms. The van der Waals surface area contributed by atoms with Crippen molar-refractivity contribution in [3.05, 3.63) is 69.4 Å². The van der Waals surface area contributed by atoms with Crippen LogP contribution in [0.4, 0.5) is 0 Å². The third kappa shape index (κ3) is 2.43. The zero-order chi connectivity index (χ0) is 15.6. The number of Topliss-reactive ketones (excluding diaryl/α,β-unsaturated/α-hetero) is 1. The summed E-state index contributed by atoms with van der Waals surface area (Å²) in [7, 11) is 0. The predicted molar refractivity (Wildman–Crippen MR) is 78.2 cm³/mol. The molecular weight excluding hydrogens is 272 g/mol. The number of nitrogens with zero attached hydrogens (tertiary/aromatic N) is 2. The predicted octanol–water partition coefficient (Wildman–Crippen LogP) is 1.09. The van der Waals surface area contributed by atoms with E-state index < -0.39 is 28.5 Å². The zero-order valence-electron chi connectivity index (χ0n) is 11.4. The van der Waals surface area contributed by atoms with E-state index in [1.165, 1.54) is 6.08 Å². The van der Waals surface area contributed by atoms with Gasteiger partial charge in [-0.15, -0.1) is 6.58 Å². The van der Waals surface area contributed by atoms with Gasteiger partial charge in [-0.2, -0.15) is 0 Å². The number of hydrogen-bond acceptors (Lipinski definition) is 4. The van der Waals surface area contributed by atoms with Gasteiger partial charge < -0.3 is 5.11 Å². The van der Waals surface area contributed by atoms with Crippen LogP contribution < -0.4 is 11.2 Å². The van der Waals surface area contributed by atoms with Crippen molar-refractivity contribution >= 4 is 5.78 Å². The minimum Gasteiger partial charge on any atom is -0.494 e. The molecule has 0 unspecified atom stereocenters. The average Bonchev–Trinajstić information content (AvgIpc) is 2.44. The van der Waals surface area contributed by atoms with E-state index >= 15 is 0 Å². The summed E-state index contributed by atoms with van der Waals surface area (Å²) in [5.41, 5.74) is -1.65. The quantitative estimate of drug-likeness (QED) is 0.674. The van der Waals surface area contributed by atoms with Crippen molar-refractivity contribution < 1.29 is 9.90 Å². The van der Waals surface area contributed by atoms with E-state index in [9.17, 15) is 19.5 Å². The molecule has 2 aromatic rings. The molecule has 0 saturated heterocycles. The van der Waals surface area contributed by atoms with Gasteiger partial charge in [-0.3, -0.25) is 14.2 Å². The monoisotopic (exact) mass is 286 g/mol. The summed E-state index contributed by atoms with van der Waals surface area (Å²) in [6.07, 6.45) is 1.39. The molecule has 0 atom stereocenters. The van der Waals surface area contributed by atoms with Gasteiger partial charge >= 0.3 is 5.69 Å². The van der Waals surface area contributed by atoms with Crippen LogP contribution in [0.15, 0.2) is 52.6 Å². The lowest BCUT2D eigenvalue weighted by molar-refractivity contribution is 0.101. The molecule has 21 heavy (non-hydrogen) atoms. The van der Waals surface area contributed by atoms with Crippen molar-refractivity contribution in [1.29, 1.82) is 0 Å². The van der Waals surface area contributed by atoms with E-state index in [-0.39, 0.29) is 6.54 Å². The summed E-state index contributed by atoms with van der Waals surface area (Å²) in [6, 6.07) is 8.21. The van der Waals surface area contributed by atoms with Crippen molar-refractivity contribution in [2.45, 2.75) is 13.5 Å². The summed E-state index contributed by atoms with van der Waals surface area (Å²) >= 11 is 0. The molecule has 0 saturated carbocycles. The molecule has 1 aromatic carbocycles. The van der Waals surface area contributed by atoms with Gasteiger partial charge in [0.1, 0.15) is 5.56 Å². The Morgan fingerprint density at radius 2 is 1.90 bits per heavy atom. The third-order valence-corrected chi connectivity index (χ3v) is 3.00. The molecule has 0 aliphatic heterocycles. The van der Waals surface area contributed by atoms with Crippen LogP contribution in [-0.4, -0.2) is 20.0 Å². The number of ketones is 1. The molecule has 6 nitrogen and oxygen atoms in total. The summed E-state index contributed by atoms with van der Waals surface area (Å²) in [5, 5.41) is 10.0. The van der Waals surface area contributed by atoms with Crippen molar-refractivity contribution in [3.63, 3.8) is 0 Å². The van der Waals surface area contributed by atoms with E-state index in [4.69, 9.17) is 0 Å². The van der Waals surface area contributed by atoms with E-state index in [1.807, 2.05) is 0 Å². The van der Waals surface area contributed by atoms with Crippen LogP contribution in [0.3, 0.4) is 0 Å². The van der Waals surface area contributed by atoms with E-state index in [0.29, 0.717) is 5.69 Å². The van der Waals surface area contributed by atoms with Crippen molar-refractivity contribution in [2.24, 2.45) is 0 Å². The SMILES string of the molecule is C=CCn1c(O)c(C(C)=O)c(=O)n(-c2ccccc2)c1=O. The lowest BCUT2D eigenvalue weighted by Gasteiger charge is -2.13. The lowest BCUT2D eigenvalue weighted by Crippen LogP contribution is -2.41. The average molecular weight is 286 g/mol. The number of carbonyl (C=O) groups is 1. The lowest BCUT2D eigenvalue weighted by atomic mass is 10.2. The minimum absolute atomic E-state index is 0.0158. The number of rotatable bonds is 4. The third-order valence-electron chi connectivity index (χ3n) is 3.00. The molecule has 1 heterocycles. The van der Waals surface area contributed by atoms with Gasteiger partial charge in [0.2, 0.25) is 5.88 Å². The first-order valence-corrected chi connectivity index (χ1v) is 6.25. The van der Waals surface area contributed by atoms with Crippen LogP contribution in [0.5, 0.6) is 5.88 Å². The van der Waals surface area contributed by atoms with Crippen LogP contribution in [0.2, 0.25) is 0 Å². The Hall–Kier alpha value is -2.89. The Bertz CT molecular complexity index is 816. The molecule has 0 bridgehead atoms. The highest BCUT2D eigenvalue weighted by atomic mass is 16.3. The largest absolute Gasteiger partial charge is 0.494 e. The Balaban J connectivity index is 2.95. The van der Waals surface area contributed by atoms with Crippen molar-refractivity contribution in [1.82, 2.24) is 9.13 Å². The van der Waals surface area contributed by atoms with Crippen molar-refractivity contribution in [3.8, 4) is 11.6 Å². The topological polar surface area (TPSA) is 81.3 Å². The van der Waals surface area contributed by atoms with Gasteiger partial charge in [-0.25, -0.2) is 9.36 Å². The van der Waals surface area contributed by atoms with Crippen LogP contribution in [0.25, 0.3) is 5.69 Å². The fourth-order valence-corrected chi connectivity index (χ4v) is 2.05. The van der Waals surface area contributed by atoms with Crippen LogP contribution >= 0.6 is 0 Å². The number of aromatic hydroxyl groups is 1. The maximum atomic E-state index is 12.4. The van der Waals surface area contributed by atoms with Gasteiger partial charge in [0.25, 0.3) is 5.56 Å². The van der Waals surface area contributed by atoms with Gasteiger partial charge in [-0.05, 0) is 19.1 Å². The second kappa shape index (κ2) is 5.62. The molecule has 108 valence electrons. The molecule has 0 aliphatic carbocycles. The molecule has 0 aliphatic rings. The van der Waals surface area contributed by atoms with Crippen molar-refractivity contribution in [2.75, 3.05) is 0 Å². The standard InChI is InChI=1S/C15H14N2O4/c1-3-9-16-13(19)12(10(2)18)14(20)17(15(16)21)11-7-5-4-6-8-11/h3-8,19H,1,9H2,2H3. The normalized spacial score (nSPS) is 10.3. The Morgan fingerprint density at radius 1 is 1.29 bits per heavy atom. The smallest absolute Gasteiger partial charge is 0.338 e. The second-order valence-corrected chi connectivity index (χ2v) is 4.41. The zero-order valence-corrected chi connectivity index (χ0v) is 11.4. The highest BCUT2D eigenvalue weighted by Gasteiger charge is 2.21.